The third-order valence-electron chi connectivity index (χ3n) is 6.45. The van der Waals surface area contributed by atoms with E-state index in [2.05, 4.69) is 10.3 Å². The number of hydrogen-bond acceptors (Lipinski definition) is 4. The smallest absolute Gasteiger partial charge is 0.267 e. The van der Waals surface area contributed by atoms with E-state index in [1.54, 1.807) is 41.6 Å². The molecule has 2 unspecified atom stereocenters. The highest BCUT2D eigenvalue weighted by atomic mass is 16.2. The van der Waals surface area contributed by atoms with Gasteiger partial charge in [0.1, 0.15) is 0 Å². The molecule has 7 heteroatoms. The zero-order chi connectivity index (χ0) is 23.0. The third-order valence-corrected chi connectivity index (χ3v) is 6.45. The fraction of sp³-hybridized carbons (Fsp3) is 0.231. The van der Waals surface area contributed by atoms with Crippen molar-refractivity contribution < 1.29 is 14.4 Å². The van der Waals surface area contributed by atoms with Gasteiger partial charge in [0.25, 0.3) is 11.8 Å². The predicted octanol–water partition coefficient (Wildman–Crippen LogP) is 3.44. The first kappa shape index (κ1) is 20.9. The zero-order valence-corrected chi connectivity index (χ0v) is 18.3. The monoisotopic (exact) mass is 440 g/mol. The number of rotatable bonds is 5. The van der Waals surface area contributed by atoms with Gasteiger partial charge < -0.3 is 10.2 Å². The lowest BCUT2D eigenvalue weighted by Gasteiger charge is -2.49. The number of nitrogens with one attached hydrogen (secondary N) is 1. The molecule has 166 valence electrons. The quantitative estimate of drug-likeness (QED) is 0.659. The fourth-order valence-electron chi connectivity index (χ4n) is 4.80. The molecule has 0 radical (unpaired) electrons. The van der Waals surface area contributed by atoms with Gasteiger partial charge in [-0.2, -0.15) is 0 Å². The summed E-state index contributed by atoms with van der Waals surface area (Å²) in [5.74, 6) is -0.801. The van der Waals surface area contributed by atoms with Crippen LogP contribution in [0.3, 0.4) is 0 Å². The van der Waals surface area contributed by atoms with Gasteiger partial charge in [0.15, 0.2) is 0 Å². The number of aromatic nitrogens is 1. The van der Waals surface area contributed by atoms with Crippen LogP contribution >= 0.6 is 0 Å². The summed E-state index contributed by atoms with van der Waals surface area (Å²) in [5.41, 5.74) is 1.20. The van der Waals surface area contributed by atoms with Crippen molar-refractivity contribution in [2.75, 3.05) is 4.90 Å². The largest absolute Gasteiger partial charge is 0.346 e. The van der Waals surface area contributed by atoms with Crippen molar-refractivity contribution in [3.63, 3.8) is 0 Å². The summed E-state index contributed by atoms with van der Waals surface area (Å²) >= 11 is 0. The van der Waals surface area contributed by atoms with Crippen molar-refractivity contribution >= 4 is 23.4 Å². The summed E-state index contributed by atoms with van der Waals surface area (Å²) in [4.78, 5) is 48.1. The second kappa shape index (κ2) is 8.16. The van der Waals surface area contributed by atoms with Gasteiger partial charge in [-0.1, -0.05) is 48.5 Å². The van der Waals surface area contributed by atoms with Crippen LogP contribution in [0.4, 0.5) is 5.69 Å². The molecule has 0 saturated carbocycles. The summed E-state index contributed by atoms with van der Waals surface area (Å²) < 4.78 is 0. The molecule has 1 N–H and O–H groups in total. The van der Waals surface area contributed by atoms with Crippen LogP contribution in [0, 0.1) is 0 Å². The molecule has 33 heavy (non-hydrogen) atoms. The minimum Gasteiger partial charge on any atom is -0.346 e. The first-order chi connectivity index (χ1) is 16.0. The second-order valence-electron chi connectivity index (χ2n) is 8.42. The molecule has 2 aliphatic heterocycles. The number of fused-ring (bicyclic) bond motifs is 3. The first-order valence-corrected chi connectivity index (χ1v) is 11.0. The number of carbonyl (C=O) groups is 3. The molecule has 0 spiro atoms. The molecule has 3 heterocycles. The van der Waals surface area contributed by atoms with Crippen LogP contribution in [0.15, 0.2) is 79.1 Å². The fourth-order valence-corrected chi connectivity index (χ4v) is 4.80. The van der Waals surface area contributed by atoms with Crippen molar-refractivity contribution in [3.05, 3.63) is 95.8 Å². The van der Waals surface area contributed by atoms with Crippen LogP contribution in [0.1, 0.15) is 47.3 Å². The lowest BCUT2D eigenvalue weighted by Crippen LogP contribution is -2.70. The van der Waals surface area contributed by atoms with Crippen LogP contribution in [0.5, 0.6) is 0 Å². The minimum absolute atomic E-state index is 0.169. The average molecular weight is 441 g/mol. The van der Waals surface area contributed by atoms with E-state index in [-0.39, 0.29) is 43.1 Å². The Hall–Kier alpha value is -4.00. The minimum atomic E-state index is -1.44. The maximum Gasteiger partial charge on any atom is 0.267 e. The van der Waals surface area contributed by atoms with Crippen LogP contribution in [-0.4, -0.2) is 33.3 Å². The highest BCUT2D eigenvalue weighted by Crippen LogP contribution is 2.45. The summed E-state index contributed by atoms with van der Waals surface area (Å²) in [6.07, 6.45) is 3.78. The van der Waals surface area contributed by atoms with E-state index >= 15 is 0 Å². The van der Waals surface area contributed by atoms with E-state index in [0.717, 1.165) is 11.1 Å². The molecule has 1 aromatic heterocycles. The Morgan fingerprint density at radius 3 is 2.58 bits per heavy atom. The van der Waals surface area contributed by atoms with E-state index in [4.69, 9.17) is 0 Å². The predicted molar refractivity (Wildman–Crippen MR) is 123 cm³/mol. The van der Waals surface area contributed by atoms with E-state index in [9.17, 15) is 14.4 Å². The topological polar surface area (TPSA) is 82.6 Å². The Morgan fingerprint density at radius 1 is 1.06 bits per heavy atom. The van der Waals surface area contributed by atoms with Crippen LogP contribution in [0.2, 0.25) is 0 Å². The van der Waals surface area contributed by atoms with E-state index < -0.39 is 5.66 Å². The van der Waals surface area contributed by atoms with Crippen molar-refractivity contribution in [3.8, 4) is 0 Å². The Bertz CT molecular complexity index is 1210. The number of benzene rings is 2. The molecule has 2 atom stereocenters. The van der Waals surface area contributed by atoms with Gasteiger partial charge in [-0.15, -0.1) is 0 Å². The molecule has 1 saturated heterocycles. The Kier molecular flexibility index (Phi) is 5.17. The number of para-hydroxylation sites is 1. The lowest BCUT2D eigenvalue weighted by atomic mass is 9.94. The lowest BCUT2D eigenvalue weighted by molar-refractivity contribution is -0.134. The molecule has 3 aromatic rings. The summed E-state index contributed by atoms with van der Waals surface area (Å²) in [6.45, 7) is 2.08. The molecule has 1 fully saturated rings. The van der Waals surface area contributed by atoms with Crippen LogP contribution in [0.25, 0.3) is 0 Å². The van der Waals surface area contributed by atoms with Crippen LogP contribution < -0.4 is 10.2 Å². The van der Waals surface area contributed by atoms with Crippen molar-refractivity contribution in [1.29, 1.82) is 0 Å². The maximum atomic E-state index is 14.0. The van der Waals surface area contributed by atoms with E-state index in [1.165, 1.54) is 4.90 Å². The van der Waals surface area contributed by atoms with Gasteiger partial charge in [0.05, 0.1) is 17.3 Å². The molecule has 3 amide bonds. The van der Waals surface area contributed by atoms with Crippen molar-refractivity contribution in [2.24, 2.45) is 0 Å². The molecule has 7 nitrogen and oxygen atoms in total. The molecule has 5 rings (SSSR count). The third kappa shape index (κ3) is 3.36. The Morgan fingerprint density at radius 2 is 1.82 bits per heavy atom. The Labute approximate surface area is 192 Å². The zero-order valence-electron chi connectivity index (χ0n) is 18.3. The normalized spacial score (nSPS) is 20.3. The maximum absolute atomic E-state index is 14.0. The van der Waals surface area contributed by atoms with Gasteiger partial charge >= 0.3 is 0 Å². The molecule has 2 aromatic carbocycles. The standard InChI is InChI=1S/C26H24N4O3/c1-18(20-10-7-15-27-16-20)28-25(33)26-14-13-23(31)30(26)22-12-6-5-11-21(22)24(32)29(26)17-19-8-3-2-4-9-19/h2-12,15-16,18H,13-14,17H2,1H3,(H,28,33). The van der Waals surface area contributed by atoms with Gasteiger partial charge in [-0.05, 0) is 36.2 Å². The van der Waals surface area contributed by atoms with E-state index in [0.29, 0.717) is 11.3 Å². The number of pyridine rings is 1. The van der Waals surface area contributed by atoms with Gasteiger partial charge in [0, 0.05) is 31.8 Å². The molecular weight excluding hydrogens is 416 g/mol. The first-order valence-electron chi connectivity index (χ1n) is 11.0. The number of amides is 3. The molecular formula is C26H24N4O3. The van der Waals surface area contributed by atoms with Gasteiger partial charge in [-0.25, -0.2) is 0 Å². The number of nitrogens with zero attached hydrogens (tertiary/aromatic N) is 3. The van der Waals surface area contributed by atoms with Crippen LogP contribution in [-0.2, 0) is 16.1 Å². The highest BCUT2D eigenvalue weighted by Gasteiger charge is 2.60. The molecule has 0 bridgehead atoms. The average Bonchev–Trinajstić information content (AvgIpc) is 3.21. The van der Waals surface area contributed by atoms with Crippen molar-refractivity contribution in [2.45, 2.75) is 38.0 Å². The number of anilines is 1. The number of carbonyl (C=O) groups excluding carboxylic acids is 3. The number of hydrogen-bond donors (Lipinski definition) is 1. The molecule has 0 aliphatic carbocycles. The van der Waals surface area contributed by atoms with Gasteiger partial charge in [-0.3, -0.25) is 24.3 Å². The molecule has 2 aliphatic rings. The summed E-state index contributed by atoms with van der Waals surface area (Å²) in [7, 11) is 0. The van der Waals surface area contributed by atoms with Crippen molar-refractivity contribution in [1.82, 2.24) is 15.2 Å². The second-order valence-corrected chi connectivity index (χ2v) is 8.42. The highest BCUT2D eigenvalue weighted by molar-refractivity contribution is 6.16. The summed E-state index contributed by atoms with van der Waals surface area (Å²) in [5, 5.41) is 3.05. The summed E-state index contributed by atoms with van der Waals surface area (Å²) in [6, 6.07) is 19.9. The van der Waals surface area contributed by atoms with E-state index in [1.807, 2.05) is 49.4 Å². The SMILES string of the molecule is CC(NC(=O)C12CCC(=O)N1c1ccccc1C(=O)N2Cc1ccccc1)c1cccnc1. The Balaban J connectivity index is 1.61. The van der Waals surface area contributed by atoms with Gasteiger partial charge in [0.2, 0.25) is 11.6 Å².